The maximum absolute atomic E-state index is 4.56. The summed E-state index contributed by atoms with van der Waals surface area (Å²) in [7, 11) is 1.97. The summed E-state index contributed by atoms with van der Waals surface area (Å²) >= 11 is 0. The molecule has 1 heterocycles. The van der Waals surface area contributed by atoms with Gasteiger partial charge in [-0.25, -0.2) is 4.98 Å². The van der Waals surface area contributed by atoms with Gasteiger partial charge in [-0.1, -0.05) is 0 Å². The molecule has 1 saturated carbocycles. The van der Waals surface area contributed by atoms with Crippen LogP contribution >= 0.6 is 0 Å². The Morgan fingerprint density at radius 2 is 2.07 bits per heavy atom. The molecule has 1 aliphatic rings. The number of aromatic nitrogens is 3. The van der Waals surface area contributed by atoms with Crippen LogP contribution in [0, 0.1) is 0 Å². The Balaban J connectivity index is 2.01. The second-order valence-electron chi connectivity index (χ2n) is 5.39. The van der Waals surface area contributed by atoms with Crippen LogP contribution in [0.5, 0.6) is 0 Å². The van der Waals surface area contributed by atoms with Gasteiger partial charge in [0.15, 0.2) is 5.82 Å². The van der Waals surface area contributed by atoms with Crippen LogP contribution in [0.3, 0.4) is 0 Å². The van der Waals surface area contributed by atoms with Crippen molar-refractivity contribution < 1.29 is 0 Å². The van der Waals surface area contributed by atoms with E-state index in [1.807, 2.05) is 11.7 Å². The molecule has 1 aromatic rings. The lowest BCUT2D eigenvalue weighted by Gasteiger charge is -2.19. The Hall–Kier alpha value is -0.900. The second kappa shape index (κ2) is 3.59. The van der Waals surface area contributed by atoms with Gasteiger partial charge in [0.1, 0.15) is 5.82 Å². The van der Waals surface area contributed by atoms with Gasteiger partial charge in [0.05, 0.1) is 6.54 Å². The van der Waals surface area contributed by atoms with Crippen molar-refractivity contribution in [3.05, 3.63) is 11.6 Å². The van der Waals surface area contributed by atoms with Crippen LogP contribution in [0.15, 0.2) is 0 Å². The van der Waals surface area contributed by atoms with Crippen molar-refractivity contribution in [3.63, 3.8) is 0 Å². The third-order valence-corrected chi connectivity index (χ3v) is 2.59. The van der Waals surface area contributed by atoms with Gasteiger partial charge in [0.25, 0.3) is 0 Å². The van der Waals surface area contributed by atoms with Gasteiger partial charge < -0.3 is 5.32 Å². The Morgan fingerprint density at radius 3 is 2.60 bits per heavy atom. The number of aryl methyl sites for hydroxylation is 1. The molecule has 0 bridgehead atoms. The maximum atomic E-state index is 4.56. The quantitative estimate of drug-likeness (QED) is 0.820. The molecule has 0 saturated heterocycles. The van der Waals surface area contributed by atoms with Crippen molar-refractivity contribution in [2.75, 3.05) is 0 Å². The van der Waals surface area contributed by atoms with Crippen LogP contribution in [0.25, 0.3) is 0 Å². The molecule has 15 heavy (non-hydrogen) atoms. The molecule has 1 aliphatic carbocycles. The lowest BCUT2D eigenvalue weighted by Crippen LogP contribution is -2.35. The van der Waals surface area contributed by atoms with Crippen LogP contribution in [0.4, 0.5) is 0 Å². The highest BCUT2D eigenvalue weighted by Gasteiger charge is 2.28. The van der Waals surface area contributed by atoms with Gasteiger partial charge in [-0.2, -0.15) is 5.10 Å². The Labute approximate surface area is 91.1 Å². The predicted octanol–water partition coefficient (Wildman–Crippen LogP) is 1.58. The molecule has 0 aromatic carbocycles. The molecule has 1 fully saturated rings. The van der Waals surface area contributed by atoms with Crippen LogP contribution in [0.2, 0.25) is 0 Å². The van der Waals surface area contributed by atoms with E-state index >= 15 is 0 Å². The lowest BCUT2D eigenvalue weighted by molar-refractivity contribution is 0.412. The summed E-state index contributed by atoms with van der Waals surface area (Å²) in [5.74, 6) is 2.70. The van der Waals surface area contributed by atoms with Crippen LogP contribution < -0.4 is 5.32 Å². The largest absolute Gasteiger partial charge is 0.305 e. The molecule has 84 valence electrons. The monoisotopic (exact) mass is 208 g/mol. The fraction of sp³-hybridized carbons (Fsp3) is 0.818. The summed E-state index contributed by atoms with van der Waals surface area (Å²) in [4.78, 5) is 4.56. The average Bonchev–Trinajstić information content (AvgIpc) is 2.87. The molecular formula is C11H20N4. The topological polar surface area (TPSA) is 42.7 Å². The standard InChI is InChI=1S/C11H20N4/c1-11(2,3)12-7-9-13-10(8-5-6-8)14-15(9)4/h8,12H,5-7H2,1-4H3. The van der Waals surface area contributed by atoms with Crippen LogP contribution in [-0.4, -0.2) is 20.3 Å². The molecule has 0 spiro atoms. The summed E-state index contributed by atoms with van der Waals surface area (Å²) in [5.41, 5.74) is 0.131. The Kier molecular flexibility index (Phi) is 2.54. The molecule has 1 aromatic heterocycles. The molecule has 2 rings (SSSR count). The van der Waals surface area contributed by atoms with Gasteiger partial charge >= 0.3 is 0 Å². The normalized spacial score (nSPS) is 17.1. The zero-order valence-electron chi connectivity index (χ0n) is 10.0. The average molecular weight is 208 g/mol. The molecule has 0 amide bonds. The van der Waals surface area contributed by atoms with E-state index in [0.717, 1.165) is 18.2 Å². The van der Waals surface area contributed by atoms with Gasteiger partial charge in [0, 0.05) is 18.5 Å². The smallest absolute Gasteiger partial charge is 0.154 e. The molecule has 0 unspecified atom stereocenters. The third kappa shape index (κ3) is 2.78. The number of nitrogens with zero attached hydrogens (tertiary/aromatic N) is 3. The van der Waals surface area contributed by atoms with Crippen molar-refractivity contribution in [2.45, 2.75) is 51.6 Å². The maximum Gasteiger partial charge on any atom is 0.154 e. The lowest BCUT2D eigenvalue weighted by atomic mass is 10.1. The number of hydrogen-bond donors (Lipinski definition) is 1. The first-order valence-electron chi connectivity index (χ1n) is 5.60. The molecule has 4 heteroatoms. The minimum atomic E-state index is 0.131. The summed E-state index contributed by atoms with van der Waals surface area (Å²) < 4.78 is 1.90. The highest BCUT2D eigenvalue weighted by atomic mass is 15.3. The zero-order valence-corrected chi connectivity index (χ0v) is 10.0. The van der Waals surface area contributed by atoms with E-state index in [4.69, 9.17) is 0 Å². The van der Waals surface area contributed by atoms with Crippen molar-refractivity contribution in [1.82, 2.24) is 20.1 Å². The minimum Gasteiger partial charge on any atom is -0.305 e. The number of nitrogens with one attached hydrogen (secondary N) is 1. The number of hydrogen-bond acceptors (Lipinski definition) is 3. The van der Waals surface area contributed by atoms with Crippen molar-refractivity contribution in [2.24, 2.45) is 7.05 Å². The summed E-state index contributed by atoms with van der Waals surface area (Å²) in [6, 6.07) is 0. The van der Waals surface area contributed by atoms with Crippen molar-refractivity contribution in [3.8, 4) is 0 Å². The van der Waals surface area contributed by atoms with Crippen molar-refractivity contribution in [1.29, 1.82) is 0 Å². The van der Waals surface area contributed by atoms with Crippen molar-refractivity contribution >= 4 is 0 Å². The highest BCUT2D eigenvalue weighted by Crippen LogP contribution is 2.37. The highest BCUT2D eigenvalue weighted by molar-refractivity contribution is 5.06. The molecule has 1 N–H and O–H groups in total. The first kappa shape index (κ1) is 10.6. The third-order valence-electron chi connectivity index (χ3n) is 2.59. The minimum absolute atomic E-state index is 0.131. The van der Waals surface area contributed by atoms with Gasteiger partial charge in [0.2, 0.25) is 0 Å². The Bertz CT molecular complexity index is 344. The SMILES string of the molecule is Cn1nc(C2CC2)nc1CNC(C)(C)C. The van der Waals surface area contributed by atoms with E-state index in [-0.39, 0.29) is 5.54 Å². The first-order chi connectivity index (χ1) is 6.96. The molecule has 0 atom stereocenters. The van der Waals surface area contributed by atoms with E-state index in [9.17, 15) is 0 Å². The van der Waals surface area contributed by atoms with Gasteiger partial charge in [-0.3, -0.25) is 4.68 Å². The zero-order chi connectivity index (χ0) is 11.1. The summed E-state index contributed by atoms with van der Waals surface area (Å²) in [6.07, 6.45) is 2.52. The van der Waals surface area contributed by atoms with E-state index in [1.54, 1.807) is 0 Å². The van der Waals surface area contributed by atoms with Gasteiger partial charge in [-0.05, 0) is 33.6 Å². The van der Waals surface area contributed by atoms with Gasteiger partial charge in [-0.15, -0.1) is 0 Å². The fourth-order valence-electron chi connectivity index (χ4n) is 1.45. The van der Waals surface area contributed by atoms with E-state index in [2.05, 4.69) is 36.2 Å². The number of rotatable bonds is 3. The molecule has 4 nitrogen and oxygen atoms in total. The molecule has 0 aliphatic heterocycles. The summed E-state index contributed by atoms with van der Waals surface area (Å²) in [5, 5.41) is 7.87. The van der Waals surface area contributed by atoms with Crippen LogP contribution in [0.1, 0.15) is 51.2 Å². The predicted molar refractivity (Wildman–Crippen MR) is 59.6 cm³/mol. The fourth-order valence-corrected chi connectivity index (χ4v) is 1.45. The van der Waals surface area contributed by atoms with E-state index in [1.165, 1.54) is 12.8 Å². The molecular weight excluding hydrogens is 188 g/mol. The molecule has 0 radical (unpaired) electrons. The second-order valence-corrected chi connectivity index (χ2v) is 5.39. The Morgan fingerprint density at radius 1 is 1.40 bits per heavy atom. The van der Waals surface area contributed by atoms with Crippen LogP contribution in [-0.2, 0) is 13.6 Å². The first-order valence-corrected chi connectivity index (χ1v) is 5.60. The van der Waals surface area contributed by atoms with E-state index < -0.39 is 0 Å². The summed E-state index contributed by atoms with van der Waals surface area (Å²) in [6.45, 7) is 7.27. The van der Waals surface area contributed by atoms with E-state index in [0.29, 0.717) is 5.92 Å².